The van der Waals surface area contributed by atoms with Crippen molar-refractivity contribution in [2.75, 3.05) is 18.9 Å². The fourth-order valence-corrected chi connectivity index (χ4v) is 5.36. The lowest BCUT2D eigenvalue weighted by molar-refractivity contribution is -0.139. The van der Waals surface area contributed by atoms with Crippen LogP contribution in [0.15, 0.2) is 42.7 Å². The normalized spacial score (nSPS) is 20.1. The van der Waals surface area contributed by atoms with Crippen LogP contribution in [-0.2, 0) is 16.1 Å². The summed E-state index contributed by atoms with van der Waals surface area (Å²) in [5, 5.41) is 9.43. The lowest BCUT2D eigenvalue weighted by atomic mass is 9.83. The van der Waals surface area contributed by atoms with E-state index in [0.29, 0.717) is 13.1 Å². The number of anilines is 1. The Kier molecular flexibility index (Phi) is 8.91. The number of nitrogens with zero attached hydrogens (tertiary/aromatic N) is 2. The minimum absolute atomic E-state index is 0.0192. The zero-order chi connectivity index (χ0) is 25.5. The van der Waals surface area contributed by atoms with Crippen molar-refractivity contribution in [3.63, 3.8) is 0 Å². The first-order chi connectivity index (χ1) is 17.5. The molecule has 2 heterocycles. The van der Waals surface area contributed by atoms with Gasteiger partial charge in [0.15, 0.2) is 0 Å². The number of carbonyl (C=O) groups excluding carboxylic acids is 2. The number of nitrogens with one attached hydrogen (secondary N) is 3. The summed E-state index contributed by atoms with van der Waals surface area (Å²) in [5.74, 6) is -0.199. The first kappa shape index (κ1) is 26.1. The number of aromatic nitrogens is 1. The van der Waals surface area contributed by atoms with Gasteiger partial charge in [0.2, 0.25) is 11.8 Å². The molecule has 3 atom stereocenters. The summed E-state index contributed by atoms with van der Waals surface area (Å²) in [6.45, 7) is 3.04. The van der Waals surface area contributed by atoms with Crippen LogP contribution < -0.4 is 16.0 Å². The number of likely N-dealkylation sites (tertiary alicyclic amines) is 1. The molecule has 1 aromatic carbocycles. The Morgan fingerprint density at radius 1 is 1.08 bits per heavy atom. The van der Waals surface area contributed by atoms with E-state index < -0.39 is 6.04 Å². The Bertz CT molecular complexity index is 1020. The van der Waals surface area contributed by atoms with E-state index in [0.717, 1.165) is 55.3 Å². The van der Waals surface area contributed by atoms with Crippen LogP contribution in [0.2, 0.25) is 0 Å². The fourth-order valence-electron chi connectivity index (χ4n) is 5.36. The van der Waals surface area contributed by atoms with Gasteiger partial charge < -0.3 is 20.9 Å². The van der Waals surface area contributed by atoms with E-state index in [9.17, 15) is 14.0 Å². The van der Waals surface area contributed by atoms with E-state index in [1.165, 1.54) is 18.6 Å². The fraction of sp³-hybridized carbons (Fsp3) is 0.536. The molecule has 0 unspecified atom stereocenters. The van der Waals surface area contributed by atoms with Crippen LogP contribution in [0.3, 0.4) is 0 Å². The standard InChI is InChI=1S/C28H38FN5O2/c1-19(30-2)27(35)33-26(21-7-4-3-5-8-21)28(36)34-14-6-9-25(34)22-15-24(18-31-17-22)32-16-20-10-12-23(29)13-11-20/h10-13,15,17-19,21,25-26,30,32H,3-9,14,16H2,1-2H3,(H,33,35)/t19-,25-,26-/m0/s1. The lowest BCUT2D eigenvalue weighted by Gasteiger charge is -2.35. The van der Waals surface area contributed by atoms with Gasteiger partial charge in [0.05, 0.1) is 17.8 Å². The van der Waals surface area contributed by atoms with Gasteiger partial charge in [-0.2, -0.15) is 0 Å². The van der Waals surface area contributed by atoms with Crippen LogP contribution in [0.5, 0.6) is 0 Å². The molecule has 36 heavy (non-hydrogen) atoms. The molecule has 1 aliphatic heterocycles. The Hall–Kier alpha value is -3.00. The van der Waals surface area contributed by atoms with E-state index in [1.807, 2.05) is 24.1 Å². The van der Waals surface area contributed by atoms with E-state index in [4.69, 9.17) is 0 Å². The Balaban J connectivity index is 1.48. The number of halogens is 1. The SMILES string of the molecule is CN[C@@H](C)C(=O)N[C@H](C(=O)N1CCC[C@H]1c1cncc(NCc2ccc(F)cc2)c1)C1CCCCC1. The number of rotatable bonds is 9. The predicted octanol–water partition coefficient (Wildman–Crippen LogP) is 4.17. The second-order valence-corrected chi connectivity index (χ2v) is 10.1. The number of pyridine rings is 1. The molecule has 4 rings (SSSR count). The number of carbonyl (C=O) groups is 2. The van der Waals surface area contributed by atoms with Crippen LogP contribution in [0, 0.1) is 11.7 Å². The van der Waals surface area contributed by atoms with Gasteiger partial charge in [0, 0.05) is 25.5 Å². The second kappa shape index (κ2) is 12.3. The molecule has 1 saturated carbocycles. The van der Waals surface area contributed by atoms with E-state index in [2.05, 4.69) is 20.9 Å². The average Bonchev–Trinajstić information content (AvgIpc) is 3.41. The third-order valence-corrected chi connectivity index (χ3v) is 7.60. The first-order valence-electron chi connectivity index (χ1n) is 13.2. The third-order valence-electron chi connectivity index (χ3n) is 7.60. The molecule has 3 N–H and O–H groups in total. The van der Waals surface area contributed by atoms with Crippen LogP contribution in [0.25, 0.3) is 0 Å². The molecule has 8 heteroatoms. The second-order valence-electron chi connectivity index (χ2n) is 10.1. The predicted molar refractivity (Wildman–Crippen MR) is 139 cm³/mol. The molecule has 1 aliphatic carbocycles. The van der Waals surface area contributed by atoms with Crippen molar-refractivity contribution in [2.45, 2.75) is 76.5 Å². The first-order valence-corrected chi connectivity index (χ1v) is 13.2. The zero-order valence-electron chi connectivity index (χ0n) is 21.3. The maximum atomic E-state index is 13.9. The van der Waals surface area contributed by atoms with Gasteiger partial charge in [-0.3, -0.25) is 14.6 Å². The number of amides is 2. The molecule has 1 aromatic heterocycles. The minimum Gasteiger partial charge on any atom is -0.380 e. The summed E-state index contributed by atoms with van der Waals surface area (Å²) in [7, 11) is 1.75. The molecule has 2 aliphatic rings. The van der Waals surface area contributed by atoms with Crippen molar-refractivity contribution in [1.82, 2.24) is 20.5 Å². The molecule has 0 spiro atoms. The van der Waals surface area contributed by atoms with Gasteiger partial charge in [0.1, 0.15) is 11.9 Å². The number of hydrogen-bond donors (Lipinski definition) is 3. The Morgan fingerprint density at radius 3 is 2.56 bits per heavy atom. The smallest absolute Gasteiger partial charge is 0.245 e. The zero-order valence-corrected chi connectivity index (χ0v) is 21.3. The summed E-state index contributed by atoms with van der Waals surface area (Å²) >= 11 is 0. The average molecular weight is 496 g/mol. The number of benzene rings is 1. The highest BCUT2D eigenvalue weighted by molar-refractivity contribution is 5.90. The highest BCUT2D eigenvalue weighted by atomic mass is 19.1. The molecule has 7 nitrogen and oxygen atoms in total. The van der Waals surface area contributed by atoms with Crippen LogP contribution >= 0.6 is 0 Å². The monoisotopic (exact) mass is 495 g/mol. The molecular weight excluding hydrogens is 457 g/mol. The van der Waals surface area contributed by atoms with Crippen molar-refractivity contribution in [2.24, 2.45) is 5.92 Å². The van der Waals surface area contributed by atoms with E-state index in [1.54, 1.807) is 25.4 Å². The van der Waals surface area contributed by atoms with Gasteiger partial charge in [-0.05, 0) is 74.9 Å². The molecular formula is C28H38FN5O2. The van der Waals surface area contributed by atoms with Crippen molar-refractivity contribution in [3.8, 4) is 0 Å². The van der Waals surface area contributed by atoms with Gasteiger partial charge in [-0.1, -0.05) is 31.4 Å². The highest BCUT2D eigenvalue weighted by Gasteiger charge is 2.39. The summed E-state index contributed by atoms with van der Waals surface area (Å²) in [4.78, 5) is 33.1. The molecule has 2 aromatic rings. The number of hydrogen-bond acceptors (Lipinski definition) is 5. The summed E-state index contributed by atoms with van der Waals surface area (Å²) in [6.07, 6.45) is 10.7. The maximum absolute atomic E-state index is 13.9. The summed E-state index contributed by atoms with van der Waals surface area (Å²) < 4.78 is 13.2. The van der Waals surface area contributed by atoms with Gasteiger partial charge in [0.25, 0.3) is 0 Å². The van der Waals surface area contributed by atoms with Gasteiger partial charge >= 0.3 is 0 Å². The molecule has 2 amide bonds. The molecule has 0 bridgehead atoms. The topological polar surface area (TPSA) is 86.4 Å². The highest BCUT2D eigenvalue weighted by Crippen LogP contribution is 2.35. The van der Waals surface area contributed by atoms with Crippen molar-refractivity contribution in [1.29, 1.82) is 0 Å². The minimum atomic E-state index is -0.498. The number of likely N-dealkylation sites (N-methyl/N-ethyl adjacent to an activating group) is 1. The van der Waals surface area contributed by atoms with Gasteiger partial charge in [-0.25, -0.2) is 4.39 Å². The lowest BCUT2D eigenvalue weighted by Crippen LogP contribution is -2.55. The van der Waals surface area contributed by atoms with Crippen molar-refractivity contribution < 1.29 is 14.0 Å². The third kappa shape index (κ3) is 6.40. The maximum Gasteiger partial charge on any atom is 0.245 e. The molecule has 1 saturated heterocycles. The molecule has 2 fully saturated rings. The largest absolute Gasteiger partial charge is 0.380 e. The van der Waals surface area contributed by atoms with Crippen LogP contribution in [-0.4, -0.2) is 47.4 Å². The van der Waals surface area contributed by atoms with Crippen LogP contribution in [0.1, 0.15) is 69.0 Å². The summed E-state index contributed by atoms with van der Waals surface area (Å²) in [6, 6.07) is 7.54. The quantitative estimate of drug-likeness (QED) is 0.486. The van der Waals surface area contributed by atoms with Gasteiger partial charge in [-0.15, -0.1) is 0 Å². The van der Waals surface area contributed by atoms with E-state index >= 15 is 0 Å². The van der Waals surface area contributed by atoms with Crippen molar-refractivity contribution >= 4 is 17.5 Å². The Morgan fingerprint density at radius 2 is 1.83 bits per heavy atom. The Labute approximate surface area is 213 Å². The molecule has 194 valence electrons. The molecule has 0 radical (unpaired) electrons. The van der Waals surface area contributed by atoms with E-state index in [-0.39, 0.29) is 35.6 Å². The van der Waals surface area contributed by atoms with Crippen molar-refractivity contribution in [3.05, 3.63) is 59.7 Å². The summed E-state index contributed by atoms with van der Waals surface area (Å²) in [5.41, 5.74) is 2.82. The van der Waals surface area contributed by atoms with Crippen LogP contribution in [0.4, 0.5) is 10.1 Å².